The van der Waals surface area contributed by atoms with Gasteiger partial charge in [0.25, 0.3) is 0 Å². The lowest BCUT2D eigenvalue weighted by Crippen LogP contribution is -2.51. The third kappa shape index (κ3) is 4.87. The average Bonchev–Trinajstić information content (AvgIpc) is 2.58. The standard InChI is InChI=1S/C22H34N2O2/c1-16(2)18(15-17(3)25)21(26)24-13-11-23(12-14-24)20-10-8-7-9-19(20)22(4,5)6/h7-10,16,18H,11-15H2,1-6H3/t18-/m0/s1. The molecule has 1 aliphatic heterocycles. The molecule has 1 aromatic rings. The Morgan fingerprint density at radius 3 is 2.12 bits per heavy atom. The van der Waals surface area contributed by atoms with Crippen molar-refractivity contribution in [2.75, 3.05) is 31.1 Å². The maximum Gasteiger partial charge on any atom is 0.226 e. The number of hydrogen-bond donors (Lipinski definition) is 0. The molecule has 1 atom stereocenters. The topological polar surface area (TPSA) is 40.6 Å². The molecule has 1 aliphatic rings. The summed E-state index contributed by atoms with van der Waals surface area (Å²) in [5.41, 5.74) is 2.71. The van der Waals surface area contributed by atoms with Crippen molar-refractivity contribution in [1.82, 2.24) is 4.90 Å². The van der Waals surface area contributed by atoms with Crippen LogP contribution < -0.4 is 4.90 Å². The molecule has 2 rings (SSSR count). The van der Waals surface area contributed by atoms with Gasteiger partial charge in [0, 0.05) is 44.2 Å². The molecule has 144 valence electrons. The van der Waals surface area contributed by atoms with Crippen molar-refractivity contribution >= 4 is 17.4 Å². The van der Waals surface area contributed by atoms with Crippen LogP contribution >= 0.6 is 0 Å². The van der Waals surface area contributed by atoms with Gasteiger partial charge < -0.3 is 14.6 Å². The Morgan fingerprint density at radius 2 is 1.62 bits per heavy atom. The summed E-state index contributed by atoms with van der Waals surface area (Å²) in [4.78, 5) is 28.8. The quantitative estimate of drug-likeness (QED) is 0.802. The monoisotopic (exact) mass is 358 g/mol. The van der Waals surface area contributed by atoms with E-state index in [1.165, 1.54) is 11.3 Å². The number of anilines is 1. The molecule has 1 amide bonds. The molecule has 4 nitrogen and oxygen atoms in total. The van der Waals surface area contributed by atoms with Gasteiger partial charge >= 0.3 is 0 Å². The maximum atomic E-state index is 12.9. The highest BCUT2D eigenvalue weighted by Crippen LogP contribution is 2.32. The molecule has 0 bridgehead atoms. The zero-order chi connectivity index (χ0) is 19.5. The second-order valence-electron chi connectivity index (χ2n) is 8.84. The van der Waals surface area contributed by atoms with Crippen LogP contribution in [-0.2, 0) is 15.0 Å². The van der Waals surface area contributed by atoms with E-state index in [9.17, 15) is 9.59 Å². The van der Waals surface area contributed by atoms with Crippen LogP contribution in [0.25, 0.3) is 0 Å². The van der Waals surface area contributed by atoms with E-state index in [0.717, 1.165) is 26.2 Å². The summed E-state index contributed by atoms with van der Waals surface area (Å²) in [5.74, 6) is 0.223. The van der Waals surface area contributed by atoms with Crippen molar-refractivity contribution in [2.45, 2.75) is 53.4 Å². The molecular weight excluding hydrogens is 324 g/mol. The van der Waals surface area contributed by atoms with Crippen molar-refractivity contribution in [1.29, 1.82) is 0 Å². The Kier molecular flexibility index (Phi) is 6.48. The second-order valence-corrected chi connectivity index (χ2v) is 8.84. The van der Waals surface area contributed by atoms with E-state index in [0.29, 0.717) is 6.42 Å². The highest BCUT2D eigenvalue weighted by atomic mass is 16.2. The van der Waals surface area contributed by atoms with Gasteiger partial charge in [-0.15, -0.1) is 0 Å². The maximum absolute atomic E-state index is 12.9. The first kappa shape index (κ1) is 20.5. The lowest BCUT2D eigenvalue weighted by atomic mass is 9.85. The molecule has 0 unspecified atom stereocenters. The highest BCUT2D eigenvalue weighted by molar-refractivity contribution is 5.86. The number of Topliss-reactive ketones (excluding diaryl/α,β-unsaturated/α-hetero) is 1. The smallest absolute Gasteiger partial charge is 0.226 e. The van der Waals surface area contributed by atoms with Crippen LogP contribution in [0.5, 0.6) is 0 Å². The average molecular weight is 359 g/mol. The van der Waals surface area contributed by atoms with E-state index in [2.05, 4.69) is 49.9 Å². The molecule has 1 heterocycles. The summed E-state index contributed by atoms with van der Waals surface area (Å²) in [5, 5.41) is 0. The third-order valence-electron chi connectivity index (χ3n) is 5.27. The van der Waals surface area contributed by atoms with Gasteiger partial charge in [0.2, 0.25) is 5.91 Å². The number of carbonyl (C=O) groups excluding carboxylic acids is 2. The number of para-hydroxylation sites is 1. The number of ketones is 1. The van der Waals surface area contributed by atoms with Crippen LogP contribution in [0.4, 0.5) is 5.69 Å². The molecule has 1 fully saturated rings. The number of benzene rings is 1. The Bertz CT molecular complexity index is 638. The molecule has 0 aliphatic carbocycles. The van der Waals surface area contributed by atoms with Crippen LogP contribution in [0.15, 0.2) is 24.3 Å². The van der Waals surface area contributed by atoms with Gasteiger partial charge in [-0.2, -0.15) is 0 Å². The minimum absolute atomic E-state index is 0.0910. The molecule has 0 radical (unpaired) electrons. The number of hydrogen-bond acceptors (Lipinski definition) is 3. The molecule has 0 aromatic heterocycles. The molecule has 4 heteroatoms. The lowest BCUT2D eigenvalue weighted by Gasteiger charge is -2.40. The number of rotatable bonds is 5. The second kappa shape index (κ2) is 8.24. The van der Waals surface area contributed by atoms with E-state index in [1.54, 1.807) is 6.92 Å². The zero-order valence-corrected chi connectivity index (χ0v) is 17.2. The lowest BCUT2D eigenvalue weighted by molar-refractivity contribution is -0.139. The summed E-state index contributed by atoms with van der Waals surface area (Å²) < 4.78 is 0. The predicted octanol–water partition coefficient (Wildman–Crippen LogP) is 3.88. The van der Waals surface area contributed by atoms with Crippen LogP contribution in [-0.4, -0.2) is 42.8 Å². The fourth-order valence-electron chi connectivity index (χ4n) is 3.70. The first-order valence-corrected chi connectivity index (χ1v) is 9.74. The molecular formula is C22H34N2O2. The number of amides is 1. The fourth-order valence-corrected chi connectivity index (χ4v) is 3.70. The van der Waals surface area contributed by atoms with Gasteiger partial charge in [-0.05, 0) is 29.9 Å². The van der Waals surface area contributed by atoms with Gasteiger partial charge in [0.1, 0.15) is 5.78 Å². The number of carbonyl (C=O) groups is 2. The molecule has 0 spiro atoms. The number of nitrogens with zero attached hydrogens (tertiary/aromatic N) is 2. The minimum Gasteiger partial charge on any atom is -0.368 e. The van der Waals surface area contributed by atoms with E-state index >= 15 is 0 Å². The van der Waals surface area contributed by atoms with Crippen molar-refractivity contribution in [3.63, 3.8) is 0 Å². The van der Waals surface area contributed by atoms with Crippen molar-refractivity contribution < 1.29 is 9.59 Å². The largest absolute Gasteiger partial charge is 0.368 e. The van der Waals surface area contributed by atoms with Crippen LogP contribution in [0.3, 0.4) is 0 Å². The molecule has 1 aromatic carbocycles. The Hall–Kier alpha value is -1.84. The summed E-state index contributed by atoms with van der Waals surface area (Å²) in [6.07, 6.45) is 0.351. The highest BCUT2D eigenvalue weighted by Gasteiger charge is 2.31. The van der Waals surface area contributed by atoms with Gasteiger partial charge in [-0.25, -0.2) is 0 Å². The third-order valence-corrected chi connectivity index (χ3v) is 5.27. The fraction of sp³-hybridized carbons (Fsp3) is 0.636. The normalized spacial score (nSPS) is 16.7. The first-order chi connectivity index (χ1) is 12.1. The van der Waals surface area contributed by atoms with Crippen LogP contribution in [0.2, 0.25) is 0 Å². The Balaban J connectivity index is 2.08. The first-order valence-electron chi connectivity index (χ1n) is 9.74. The van der Waals surface area contributed by atoms with Crippen molar-refractivity contribution in [2.24, 2.45) is 11.8 Å². The van der Waals surface area contributed by atoms with E-state index < -0.39 is 0 Å². The van der Waals surface area contributed by atoms with Crippen LogP contribution in [0, 0.1) is 11.8 Å². The molecule has 0 N–H and O–H groups in total. The van der Waals surface area contributed by atoms with E-state index in [-0.39, 0.29) is 28.9 Å². The molecule has 26 heavy (non-hydrogen) atoms. The van der Waals surface area contributed by atoms with Gasteiger partial charge in [0.05, 0.1) is 0 Å². The molecule has 1 saturated heterocycles. The van der Waals surface area contributed by atoms with Gasteiger partial charge in [0.15, 0.2) is 0 Å². The van der Waals surface area contributed by atoms with Crippen molar-refractivity contribution in [3.05, 3.63) is 29.8 Å². The number of piperazine rings is 1. The summed E-state index contributed by atoms with van der Waals surface area (Å²) in [6, 6.07) is 8.57. The van der Waals surface area contributed by atoms with Gasteiger partial charge in [-0.3, -0.25) is 4.79 Å². The Labute approximate surface area is 158 Å². The van der Waals surface area contributed by atoms with E-state index in [4.69, 9.17) is 0 Å². The molecule has 0 saturated carbocycles. The van der Waals surface area contributed by atoms with Gasteiger partial charge in [-0.1, -0.05) is 52.8 Å². The Morgan fingerprint density at radius 1 is 1.04 bits per heavy atom. The SMILES string of the molecule is CC(=O)C[C@H](C(=O)N1CCN(c2ccccc2C(C)(C)C)CC1)C(C)C. The summed E-state index contributed by atoms with van der Waals surface area (Å²) in [6.45, 7) is 15.5. The van der Waals surface area contributed by atoms with Crippen LogP contribution in [0.1, 0.15) is 53.5 Å². The zero-order valence-electron chi connectivity index (χ0n) is 17.2. The van der Waals surface area contributed by atoms with E-state index in [1.807, 2.05) is 18.7 Å². The van der Waals surface area contributed by atoms with Crippen molar-refractivity contribution in [3.8, 4) is 0 Å². The summed E-state index contributed by atoms with van der Waals surface area (Å²) >= 11 is 0. The minimum atomic E-state index is -0.194. The summed E-state index contributed by atoms with van der Waals surface area (Å²) in [7, 11) is 0. The predicted molar refractivity (Wildman–Crippen MR) is 108 cm³/mol.